The number of benzene rings is 2. The average Bonchev–Trinajstić information content (AvgIpc) is 3.69. The molecule has 2 N–H and O–H groups in total. The zero-order chi connectivity index (χ0) is 43.9. The highest BCUT2D eigenvalue weighted by molar-refractivity contribution is 7.85. The van der Waals surface area contributed by atoms with Gasteiger partial charge in [-0.2, -0.15) is 37.1 Å². The summed E-state index contributed by atoms with van der Waals surface area (Å²) >= 11 is 6.59. The Labute approximate surface area is 344 Å². The van der Waals surface area contributed by atoms with Crippen molar-refractivity contribution in [1.82, 2.24) is 39.4 Å². The van der Waals surface area contributed by atoms with Crippen molar-refractivity contribution in [3.63, 3.8) is 0 Å². The first-order valence-electron chi connectivity index (χ1n) is 18.1. The summed E-state index contributed by atoms with van der Waals surface area (Å²) in [5, 5.41) is 10.6. The molecule has 13 nitrogen and oxygen atoms in total. The highest BCUT2D eigenvalue weighted by atomic mass is 35.5. The summed E-state index contributed by atoms with van der Waals surface area (Å²) in [6.07, 6.45) is -8.46. The van der Waals surface area contributed by atoms with Crippen LogP contribution < -0.4 is 20.3 Å². The van der Waals surface area contributed by atoms with Crippen LogP contribution in [0.25, 0.3) is 27.6 Å². The number of carbonyl (C=O) groups excluding carboxylic acids is 1. The van der Waals surface area contributed by atoms with Crippen LogP contribution in [0.4, 0.5) is 45.3 Å². The second kappa shape index (κ2) is 15.3. The molecule has 4 atom stereocenters. The number of aromatic nitrogens is 7. The van der Waals surface area contributed by atoms with Crippen LogP contribution in [-0.2, 0) is 41.7 Å². The van der Waals surface area contributed by atoms with Crippen molar-refractivity contribution in [2.24, 2.45) is 13.0 Å². The molecule has 8 rings (SSSR count). The first kappa shape index (κ1) is 42.0. The first-order valence-corrected chi connectivity index (χ1v) is 20.1. The average molecular weight is 902 g/mol. The van der Waals surface area contributed by atoms with Crippen LogP contribution in [0, 0.1) is 17.6 Å². The van der Waals surface area contributed by atoms with E-state index in [0.717, 1.165) is 22.8 Å². The lowest BCUT2D eigenvalue weighted by Crippen LogP contribution is -2.38. The number of hydrogen-bond acceptors (Lipinski definition) is 8. The van der Waals surface area contributed by atoms with Gasteiger partial charge in [0.25, 0.3) is 17.9 Å². The highest BCUT2D eigenvalue weighted by Crippen LogP contribution is 2.68. The van der Waals surface area contributed by atoms with Crippen LogP contribution in [0.1, 0.15) is 59.6 Å². The summed E-state index contributed by atoms with van der Waals surface area (Å²) in [5.41, 5.74) is -3.43. The zero-order valence-electron chi connectivity index (χ0n) is 31.3. The smallest absolute Gasteiger partial charge is 0.392 e. The number of hydrogen-bond donors (Lipinski definition) is 2. The van der Waals surface area contributed by atoms with Gasteiger partial charge < -0.3 is 10.1 Å². The van der Waals surface area contributed by atoms with Gasteiger partial charge >= 0.3 is 6.18 Å². The Kier molecular flexibility index (Phi) is 10.6. The summed E-state index contributed by atoms with van der Waals surface area (Å²) in [4.78, 5) is 37.4. The summed E-state index contributed by atoms with van der Waals surface area (Å²) in [7, 11) is -0.212. The Morgan fingerprint density at radius 2 is 1.80 bits per heavy atom. The summed E-state index contributed by atoms with van der Waals surface area (Å²) in [5.74, 6) is -9.71. The molecular weight excluding hydrogens is 873 g/mol. The maximum atomic E-state index is 15.4. The molecule has 0 aliphatic heterocycles. The molecule has 4 heterocycles. The Bertz CT molecular complexity index is 2830. The van der Waals surface area contributed by atoms with Crippen molar-refractivity contribution in [2.45, 2.75) is 56.3 Å². The molecule has 61 heavy (non-hydrogen) atoms. The van der Waals surface area contributed by atoms with E-state index in [2.05, 4.69) is 30.2 Å². The van der Waals surface area contributed by atoms with E-state index in [-0.39, 0.29) is 56.2 Å². The van der Waals surface area contributed by atoms with E-state index in [1.165, 1.54) is 36.2 Å². The second-order valence-corrected chi connectivity index (χ2v) is 16.0. The number of aryl methyl sites for hydroxylation is 1. The third-order valence-corrected chi connectivity index (χ3v) is 11.0. The van der Waals surface area contributed by atoms with E-state index < -0.39 is 119 Å². The molecule has 2 aliphatic carbocycles. The molecule has 2 aromatic carbocycles. The van der Waals surface area contributed by atoms with Crippen molar-refractivity contribution in [3.05, 3.63) is 97.8 Å². The van der Waals surface area contributed by atoms with Gasteiger partial charge in [-0.15, -0.1) is 0 Å². The van der Waals surface area contributed by atoms with Gasteiger partial charge in [0.05, 0.1) is 46.1 Å². The zero-order valence-corrected chi connectivity index (χ0v) is 32.9. The number of pyridine rings is 1. The van der Waals surface area contributed by atoms with Gasteiger partial charge in [-0.3, -0.25) is 28.2 Å². The highest BCUT2D eigenvalue weighted by Gasteiger charge is 2.67. The summed E-state index contributed by atoms with van der Waals surface area (Å²) < 4.78 is 150. The Hall–Kier alpha value is -5.71. The van der Waals surface area contributed by atoms with Gasteiger partial charge in [-0.1, -0.05) is 11.6 Å². The largest absolute Gasteiger partial charge is 0.477 e. The number of ether oxygens (including phenoxy) is 1. The van der Waals surface area contributed by atoms with Gasteiger partial charge in [0.15, 0.2) is 11.5 Å². The molecule has 24 heteroatoms. The number of fused-ring (bicyclic) bond motifs is 5. The lowest BCUT2D eigenvalue weighted by atomic mass is 10.0. The summed E-state index contributed by atoms with van der Waals surface area (Å²) in [6, 6.07) is 5.75. The maximum Gasteiger partial charge on any atom is 0.392 e. The third kappa shape index (κ3) is 7.88. The van der Waals surface area contributed by atoms with Crippen molar-refractivity contribution in [3.8, 4) is 11.6 Å². The van der Waals surface area contributed by atoms with E-state index in [1.54, 1.807) is 0 Å². The van der Waals surface area contributed by atoms with Gasteiger partial charge in [0, 0.05) is 43.3 Å². The van der Waals surface area contributed by atoms with Crippen LogP contribution in [0.2, 0.25) is 5.02 Å². The molecule has 0 spiro atoms. The predicted molar refractivity (Wildman–Crippen MR) is 201 cm³/mol. The van der Waals surface area contributed by atoms with Crippen LogP contribution in [-0.4, -0.2) is 63.3 Å². The fourth-order valence-corrected chi connectivity index (χ4v) is 8.41. The SMILES string of the molecule is Cn1nc(NS(C)=O)c2c(Cl)ccc(-n3c(C(Cc4cc(F)cc(F)c4)NC(=O)Cn4nc(C(F)F)c5c4C(F)(F)C4CC54)nc4nc(OCCC(F)(F)F)ccc4c3=O)c21. The molecule has 2 aliphatic rings. The van der Waals surface area contributed by atoms with Crippen LogP contribution in [0.15, 0.2) is 47.3 Å². The van der Waals surface area contributed by atoms with Crippen molar-refractivity contribution >= 4 is 56.2 Å². The standard InChI is InChI=1S/C37H29ClF9N9O4S/c1-54-29-23(5-4-21(38)27(29)33(52-54)53-61(2)59)56-34(50-32-18(35(56)58)3-6-25(49-32)60-8-7-36(43,44)45)22(11-15-9-16(39)12-17(40)10-15)48-24(57)14-55-30-26(28(51-55)31(41)42)19-13-20(19)37(30,46)47/h3-6,9-10,12,19-20,22,31H,7-8,11,13-14H2,1-2H3,(H,48,57)(H,52,53). The molecule has 322 valence electrons. The monoisotopic (exact) mass is 901 g/mol. The van der Waals surface area contributed by atoms with Gasteiger partial charge in [-0.25, -0.2) is 26.8 Å². The minimum atomic E-state index is -4.58. The Balaban J connectivity index is 1.31. The fraction of sp³-hybridized carbons (Fsp3) is 0.351. The number of amides is 1. The van der Waals surface area contributed by atoms with Gasteiger partial charge in [0.1, 0.15) is 46.4 Å². The number of halogens is 10. The molecular formula is C37H29ClF9N9O4S. The van der Waals surface area contributed by atoms with E-state index in [4.69, 9.17) is 16.3 Å². The molecule has 4 unspecified atom stereocenters. The van der Waals surface area contributed by atoms with Crippen molar-refractivity contribution in [1.29, 1.82) is 0 Å². The minimum Gasteiger partial charge on any atom is -0.477 e. The Morgan fingerprint density at radius 3 is 2.48 bits per heavy atom. The van der Waals surface area contributed by atoms with Crippen LogP contribution in [0.3, 0.4) is 0 Å². The molecule has 0 bridgehead atoms. The molecule has 6 aromatic rings. The van der Waals surface area contributed by atoms with Crippen molar-refractivity contribution < 1.29 is 53.3 Å². The molecule has 1 saturated carbocycles. The van der Waals surface area contributed by atoms with Gasteiger partial charge in [-0.05, 0) is 48.2 Å². The van der Waals surface area contributed by atoms with Crippen LogP contribution in [0.5, 0.6) is 5.88 Å². The molecule has 1 amide bonds. The number of nitrogens with one attached hydrogen (secondary N) is 2. The van der Waals surface area contributed by atoms with Crippen LogP contribution >= 0.6 is 11.6 Å². The lowest BCUT2D eigenvalue weighted by molar-refractivity contribution is -0.139. The first-order chi connectivity index (χ1) is 28.7. The molecule has 4 aromatic heterocycles. The van der Waals surface area contributed by atoms with E-state index in [0.29, 0.717) is 10.7 Å². The fourth-order valence-electron chi connectivity index (χ4n) is 7.76. The quantitative estimate of drug-likeness (QED) is 0.117. The number of nitrogens with zero attached hydrogens (tertiary/aromatic N) is 7. The van der Waals surface area contributed by atoms with E-state index in [9.17, 15) is 44.5 Å². The molecule has 0 radical (unpaired) electrons. The predicted octanol–water partition coefficient (Wildman–Crippen LogP) is 7.08. The third-order valence-electron chi connectivity index (χ3n) is 10.2. The Morgan fingerprint density at radius 1 is 1.08 bits per heavy atom. The summed E-state index contributed by atoms with van der Waals surface area (Å²) in [6.45, 7) is -1.91. The second-order valence-electron chi connectivity index (χ2n) is 14.4. The minimum absolute atomic E-state index is 0.0280. The van der Waals surface area contributed by atoms with Crippen molar-refractivity contribution in [2.75, 3.05) is 17.6 Å². The van der Waals surface area contributed by atoms with E-state index in [1.807, 2.05) is 0 Å². The maximum absolute atomic E-state index is 15.4. The lowest BCUT2D eigenvalue weighted by Gasteiger charge is -2.24. The topological polar surface area (TPSA) is 151 Å². The molecule has 1 fully saturated rings. The molecule has 0 saturated heterocycles. The normalized spacial score (nSPS) is 17.7. The number of anilines is 1. The number of carbonyl (C=O) groups is 1. The number of alkyl halides is 7. The number of rotatable bonds is 13. The van der Waals surface area contributed by atoms with Gasteiger partial charge in [0.2, 0.25) is 11.8 Å². The van der Waals surface area contributed by atoms with E-state index >= 15 is 8.78 Å².